The first kappa shape index (κ1) is 17.6. The number of benzene rings is 2. The molecule has 2 heteroatoms. The van der Waals surface area contributed by atoms with Gasteiger partial charge in [0.25, 0.3) is 0 Å². The van der Waals surface area contributed by atoms with Gasteiger partial charge in [-0.15, -0.1) is 0 Å². The summed E-state index contributed by atoms with van der Waals surface area (Å²) < 4.78 is 0. The minimum absolute atomic E-state index is 0.0191. The fourth-order valence-corrected chi connectivity index (χ4v) is 3.27. The Morgan fingerprint density at radius 3 is 1.56 bits per heavy atom. The molecule has 130 valence electrons. The van der Waals surface area contributed by atoms with Gasteiger partial charge >= 0.3 is 0 Å². The first-order valence-electron chi connectivity index (χ1n) is 8.94. The standard InChI is InChI=1S/C23H26O2/c1-7-23(5,6)15-9-11-17-16-10-8-14(22(2,3)4)12-18(16)20(24)21(25)19(17)13-15/h8-13H,7H2,1-6H3. The van der Waals surface area contributed by atoms with Crippen molar-refractivity contribution in [1.29, 1.82) is 0 Å². The normalized spacial score (nSPS) is 14.3. The van der Waals surface area contributed by atoms with Crippen LogP contribution in [0.5, 0.6) is 0 Å². The summed E-state index contributed by atoms with van der Waals surface area (Å²) in [5, 5.41) is 0. The average Bonchev–Trinajstić information content (AvgIpc) is 2.57. The van der Waals surface area contributed by atoms with E-state index in [1.807, 2.05) is 24.3 Å². The van der Waals surface area contributed by atoms with Gasteiger partial charge in [-0.05, 0) is 51.6 Å². The Balaban J connectivity index is 2.22. The number of fused-ring (bicyclic) bond motifs is 3. The summed E-state index contributed by atoms with van der Waals surface area (Å²) in [7, 11) is 0. The molecule has 0 aromatic heterocycles. The zero-order valence-corrected chi connectivity index (χ0v) is 16.0. The highest BCUT2D eigenvalue weighted by molar-refractivity contribution is 6.53. The second-order valence-electron chi connectivity index (χ2n) is 8.67. The summed E-state index contributed by atoms with van der Waals surface area (Å²) in [5.74, 6) is -0.776. The van der Waals surface area contributed by atoms with Gasteiger partial charge in [0, 0.05) is 11.1 Å². The highest BCUT2D eigenvalue weighted by atomic mass is 16.2. The lowest BCUT2D eigenvalue weighted by Crippen LogP contribution is -2.24. The molecule has 0 fully saturated rings. The van der Waals surface area contributed by atoms with Gasteiger partial charge in [-0.1, -0.05) is 65.8 Å². The lowest BCUT2D eigenvalue weighted by Gasteiger charge is -2.27. The molecule has 0 bridgehead atoms. The molecule has 0 heterocycles. The number of hydrogen-bond acceptors (Lipinski definition) is 2. The molecule has 25 heavy (non-hydrogen) atoms. The Bertz CT molecular complexity index is 879. The molecule has 0 unspecified atom stereocenters. The van der Waals surface area contributed by atoms with Crippen molar-refractivity contribution in [3.8, 4) is 11.1 Å². The lowest BCUT2D eigenvalue weighted by molar-refractivity contribution is 0.0815. The highest BCUT2D eigenvalue weighted by Crippen LogP contribution is 2.38. The van der Waals surface area contributed by atoms with Crippen molar-refractivity contribution in [3.63, 3.8) is 0 Å². The molecule has 2 nitrogen and oxygen atoms in total. The maximum Gasteiger partial charge on any atom is 0.234 e. The maximum absolute atomic E-state index is 12.8. The molecule has 2 aromatic rings. The van der Waals surface area contributed by atoms with Crippen molar-refractivity contribution in [2.75, 3.05) is 0 Å². The van der Waals surface area contributed by atoms with Gasteiger partial charge in [0.15, 0.2) is 0 Å². The highest BCUT2D eigenvalue weighted by Gasteiger charge is 2.32. The molecule has 0 amide bonds. The number of rotatable bonds is 2. The first-order chi connectivity index (χ1) is 11.6. The molecule has 0 N–H and O–H groups in total. The molecule has 0 spiro atoms. The summed E-state index contributed by atoms with van der Waals surface area (Å²) in [6.45, 7) is 12.8. The molecule has 0 saturated heterocycles. The van der Waals surface area contributed by atoms with Crippen molar-refractivity contribution >= 4 is 11.6 Å². The Morgan fingerprint density at radius 2 is 1.12 bits per heavy atom. The van der Waals surface area contributed by atoms with Crippen LogP contribution in [0.3, 0.4) is 0 Å². The van der Waals surface area contributed by atoms with Crippen LogP contribution in [0, 0.1) is 0 Å². The van der Waals surface area contributed by atoms with Gasteiger partial charge in [0.05, 0.1) is 0 Å². The monoisotopic (exact) mass is 334 g/mol. The van der Waals surface area contributed by atoms with Crippen molar-refractivity contribution < 1.29 is 9.59 Å². The van der Waals surface area contributed by atoms with Gasteiger partial charge in [-0.2, -0.15) is 0 Å². The van der Waals surface area contributed by atoms with Crippen LogP contribution in [0.25, 0.3) is 11.1 Å². The van der Waals surface area contributed by atoms with E-state index in [9.17, 15) is 9.59 Å². The van der Waals surface area contributed by atoms with Crippen LogP contribution in [0.1, 0.15) is 79.8 Å². The summed E-state index contributed by atoms with van der Waals surface area (Å²) in [6.07, 6.45) is 0.972. The smallest absolute Gasteiger partial charge is 0.234 e. The predicted molar refractivity (Wildman–Crippen MR) is 103 cm³/mol. The van der Waals surface area contributed by atoms with E-state index in [0.717, 1.165) is 28.7 Å². The fraction of sp³-hybridized carbons (Fsp3) is 0.391. The predicted octanol–water partition coefficient (Wildman–Crippen LogP) is 5.72. The molecule has 0 aliphatic heterocycles. The second kappa shape index (κ2) is 5.66. The first-order valence-corrected chi connectivity index (χ1v) is 8.94. The lowest BCUT2D eigenvalue weighted by atomic mass is 9.76. The van der Waals surface area contributed by atoms with Crippen molar-refractivity contribution in [2.45, 2.75) is 58.8 Å². The molecular formula is C23H26O2. The van der Waals surface area contributed by atoms with E-state index in [-0.39, 0.29) is 22.4 Å². The third-order valence-electron chi connectivity index (χ3n) is 5.56. The maximum atomic E-state index is 12.8. The Morgan fingerprint density at radius 1 is 0.680 bits per heavy atom. The number of carbonyl (C=O) groups is 2. The Hall–Kier alpha value is -2.22. The zero-order valence-electron chi connectivity index (χ0n) is 16.0. The van der Waals surface area contributed by atoms with Crippen LogP contribution in [0.15, 0.2) is 36.4 Å². The third-order valence-corrected chi connectivity index (χ3v) is 5.56. The minimum Gasteiger partial charge on any atom is -0.285 e. The fourth-order valence-electron chi connectivity index (χ4n) is 3.27. The Kier molecular flexibility index (Phi) is 3.98. The molecule has 1 aliphatic rings. The SMILES string of the molecule is CCC(C)(C)c1ccc2c(c1)C(=O)C(=O)c1cc(C(C)(C)C)ccc1-2. The molecule has 1 aliphatic carbocycles. The van der Waals surface area contributed by atoms with Crippen molar-refractivity contribution in [1.82, 2.24) is 0 Å². The van der Waals surface area contributed by atoms with E-state index < -0.39 is 0 Å². The van der Waals surface area contributed by atoms with Crippen LogP contribution in [-0.2, 0) is 10.8 Å². The molecule has 0 saturated carbocycles. The van der Waals surface area contributed by atoms with Gasteiger partial charge in [-0.25, -0.2) is 0 Å². The molecule has 0 atom stereocenters. The Labute approximate surface area is 150 Å². The minimum atomic E-state index is -0.389. The van der Waals surface area contributed by atoms with Crippen LogP contribution >= 0.6 is 0 Å². The van der Waals surface area contributed by atoms with Crippen LogP contribution in [0.4, 0.5) is 0 Å². The van der Waals surface area contributed by atoms with Crippen LogP contribution in [-0.4, -0.2) is 11.6 Å². The van der Waals surface area contributed by atoms with Gasteiger partial charge in [0.1, 0.15) is 0 Å². The van der Waals surface area contributed by atoms with Gasteiger partial charge in [0.2, 0.25) is 11.6 Å². The summed E-state index contributed by atoms with van der Waals surface area (Å²) in [4.78, 5) is 25.5. The topological polar surface area (TPSA) is 34.1 Å². The van der Waals surface area contributed by atoms with Gasteiger partial charge in [-0.3, -0.25) is 9.59 Å². The average molecular weight is 334 g/mol. The number of ketones is 2. The van der Waals surface area contributed by atoms with Crippen molar-refractivity contribution in [2.24, 2.45) is 0 Å². The van der Waals surface area contributed by atoms with E-state index in [1.165, 1.54) is 0 Å². The molecule has 2 aromatic carbocycles. The second-order valence-corrected chi connectivity index (χ2v) is 8.67. The van der Waals surface area contributed by atoms with E-state index in [2.05, 4.69) is 53.7 Å². The van der Waals surface area contributed by atoms with E-state index in [1.54, 1.807) is 0 Å². The largest absolute Gasteiger partial charge is 0.285 e. The zero-order chi connectivity index (χ0) is 18.6. The van der Waals surface area contributed by atoms with Crippen LogP contribution in [0.2, 0.25) is 0 Å². The number of carbonyl (C=O) groups excluding carboxylic acids is 2. The molecule has 0 radical (unpaired) electrons. The van der Waals surface area contributed by atoms with Crippen molar-refractivity contribution in [3.05, 3.63) is 58.7 Å². The van der Waals surface area contributed by atoms with Gasteiger partial charge < -0.3 is 0 Å². The van der Waals surface area contributed by atoms with E-state index in [0.29, 0.717) is 11.1 Å². The summed E-state index contributed by atoms with van der Waals surface area (Å²) >= 11 is 0. The van der Waals surface area contributed by atoms with Crippen LogP contribution < -0.4 is 0 Å². The third kappa shape index (κ3) is 2.84. The number of Topliss-reactive ketones (excluding diaryl/α,β-unsaturated/α-hetero) is 2. The number of hydrogen-bond donors (Lipinski definition) is 0. The quantitative estimate of drug-likeness (QED) is 0.658. The van der Waals surface area contributed by atoms with E-state index in [4.69, 9.17) is 0 Å². The summed E-state index contributed by atoms with van der Waals surface area (Å²) in [5.41, 5.74) is 4.91. The molecular weight excluding hydrogens is 308 g/mol. The summed E-state index contributed by atoms with van der Waals surface area (Å²) in [6, 6.07) is 12.0. The van der Waals surface area contributed by atoms with E-state index >= 15 is 0 Å². The molecule has 3 rings (SSSR count).